The molecule has 2 heterocycles. The summed E-state index contributed by atoms with van der Waals surface area (Å²) in [5.74, 6) is 0.513. The van der Waals surface area contributed by atoms with E-state index in [1.165, 1.54) is 12.8 Å². The summed E-state index contributed by atoms with van der Waals surface area (Å²) in [5.41, 5.74) is 2.34. The quantitative estimate of drug-likeness (QED) is 0.336. The number of amides is 6. The van der Waals surface area contributed by atoms with Crippen LogP contribution >= 0.6 is 0 Å². The van der Waals surface area contributed by atoms with E-state index in [0.29, 0.717) is 22.8 Å². The fraction of sp³-hybridized carbons (Fsp3) is 0.429. The van der Waals surface area contributed by atoms with Crippen molar-refractivity contribution in [3.8, 4) is 5.75 Å². The lowest BCUT2D eigenvalue weighted by atomic mass is 10.1. The monoisotopic (exact) mass is 550 g/mol. The van der Waals surface area contributed by atoms with Gasteiger partial charge in [-0.2, -0.15) is 0 Å². The molecule has 3 aliphatic rings. The van der Waals surface area contributed by atoms with E-state index in [1.807, 2.05) is 48.5 Å². The number of ether oxygens (including phenoxy) is 1. The molecule has 12 nitrogen and oxygen atoms in total. The summed E-state index contributed by atoms with van der Waals surface area (Å²) in [7, 11) is 0. The van der Waals surface area contributed by atoms with Crippen molar-refractivity contribution in [3.05, 3.63) is 48.5 Å². The van der Waals surface area contributed by atoms with Crippen molar-refractivity contribution in [2.24, 2.45) is 5.92 Å². The van der Waals surface area contributed by atoms with E-state index in [1.54, 1.807) is 0 Å². The summed E-state index contributed by atoms with van der Waals surface area (Å²) in [6.45, 7) is 1.88. The highest BCUT2D eigenvalue weighted by Gasteiger charge is 2.40. The Morgan fingerprint density at radius 3 is 2.25 bits per heavy atom. The molecule has 2 saturated heterocycles. The average Bonchev–Trinajstić information content (AvgIpc) is 3.70. The maximum absolute atomic E-state index is 12.5. The third-order valence-electron chi connectivity index (χ3n) is 7.54. The Morgan fingerprint density at radius 2 is 1.60 bits per heavy atom. The van der Waals surface area contributed by atoms with Gasteiger partial charge in [0.2, 0.25) is 5.91 Å². The summed E-state index contributed by atoms with van der Waals surface area (Å²) in [5, 5.41) is 20.0. The zero-order valence-corrected chi connectivity index (χ0v) is 22.1. The molecule has 3 fully saturated rings. The number of nitrogens with zero attached hydrogens (tertiary/aromatic N) is 2. The minimum Gasteiger partial charge on any atom is -0.490 e. The lowest BCUT2D eigenvalue weighted by Gasteiger charge is -2.20. The zero-order chi connectivity index (χ0) is 28.1. The number of nitrogens with one attached hydrogen (secondary N) is 4. The lowest BCUT2D eigenvalue weighted by molar-refractivity contribution is -0.124. The van der Waals surface area contributed by atoms with Gasteiger partial charge in [-0.15, -0.1) is 0 Å². The normalized spacial score (nSPS) is 20.8. The Labute approximate surface area is 232 Å². The van der Waals surface area contributed by atoms with Crippen molar-refractivity contribution in [1.82, 2.24) is 15.5 Å². The topological polar surface area (TPSA) is 152 Å². The molecule has 2 aromatic rings. The summed E-state index contributed by atoms with van der Waals surface area (Å²) < 4.78 is 5.97. The fourth-order valence-corrected chi connectivity index (χ4v) is 5.39. The summed E-state index contributed by atoms with van der Waals surface area (Å²) in [6, 6.07) is 12.8. The Kier molecular flexibility index (Phi) is 8.23. The van der Waals surface area contributed by atoms with Crippen LogP contribution in [-0.4, -0.2) is 72.4 Å². The van der Waals surface area contributed by atoms with Gasteiger partial charge in [0.05, 0.1) is 6.10 Å². The van der Waals surface area contributed by atoms with Gasteiger partial charge >= 0.3 is 18.2 Å². The van der Waals surface area contributed by atoms with Crippen LogP contribution < -0.4 is 30.9 Å². The molecular formula is C28H34N6O6. The van der Waals surface area contributed by atoms with Crippen molar-refractivity contribution < 1.29 is 29.0 Å². The Bertz CT molecular complexity index is 1230. The first-order chi connectivity index (χ1) is 19.4. The van der Waals surface area contributed by atoms with Crippen molar-refractivity contribution in [2.45, 2.75) is 44.2 Å². The molecule has 6 amide bonds. The van der Waals surface area contributed by atoms with Crippen molar-refractivity contribution in [2.75, 3.05) is 41.7 Å². The Hall–Kier alpha value is -4.48. The van der Waals surface area contributed by atoms with Crippen LogP contribution in [0.4, 0.5) is 31.4 Å². The highest BCUT2D eigenvalue weighted by Crippen LogP contribution is 2.26. The number of urea groups is 2. The molecule has 5 rings (SSSR count). The molecule has 212 valence electrons. The van der Waals surface area contributed by atoms with Gasteiger partial charge < -0.3 is 36.0 Å². The number of benzene rings is 2. The average molecular weight is 551 g/mol. The van der Waals surface area contributed by atoms with E-state index in [0.717, 1.165) is 43.8 Å². The van der Waals surface area contributed by atoms with Crippen LogP contribution in [0.1, 0.15) is 32.1 Å². The van der Waals surface area contributed by atoms with Crippen LogP contribution in [0.25, 0.3) is 0 Å². The molecule has 40 heavy (non-hydrogen) atoms. The highest BCUT2D eigenvalue weighted by atomic mass is 16.5. The summed E-state index contributed by atoms with van der Waals surface area (Å²) in [4.78, 5) is 50.5. The van der Waals surface area contributed by atoms with E-state index in [2.05, 4.69) is 26.2 Å². The fourth-order valence-electron chi connectivity index (χ4n) is 5.39. The molecule has 2 atom stereocenters. The molecule has 2 aromatic carbocycles. The molecular weight excluding hydrogens is 516 g/mol. The third kappa shape index (κ3) is 6.56. The number of carbonyl (C=O) groups is 4. The third-order valence-corrected chi connectivity index (χ3v) is 7.54. The number of hydrogen-bond donors (Lipinski definition) is 5. The first kappa shape index (κ1) is 27.1. The van der Waals surface area contributed by atoms with E-state index in [9.17, 15) is 24.3 Å². The van der Waals surface area contributed by atoms with Crippen LogP contribution in [0.3, 0.4) is 0 Å². The van der Waals surface area contributed by atoms with Crippen molar-refractivity contribution in [3.63, 3.8) is 0 Å². The molecule has 1 unspecified atom stereocenters. The summed E-state index contributed by atoms with van der Waals surface area (Å²) in [6.07, 6.45) is 4.31. The van der Waals surface area contributed by atoms with E-state index >= 15 is 0 Å². The number of carboxylic acid groups (broad SMARTS) is 1. The first-order valence-corrected chi connectivity index (χ1v) is 13.6. The lowest BCUT2D eigenvalue weighted by Crippen LogP contribution is -2.48. The maximum Gasteiger partial charge on any atom is 0.416 e. The second-order valence-corrected chi connectivity index (χ2v) is 10.4. The van der Waals surface area contributed by atoms with Crippen LogP contribution in [0.15, 0.2) is 48.5 Å². The van der Waals surface area contributed by atoms with Crippen molar-refractivity contribution >= 4 is 41.1 Å². The molecule has 2 aliphatic heterocycles. The van der Waals surface area contributed by atoms with Gasteiger partial charge in [0.1, 0.15) is 11.8 Å². The number of imide groups is 1. The molecule has 0 spiro atoms. The smallest absolute Gasteiger partial charge is 0.416 e. The van der Waals surface area contributed by atoms with E-state index < -0.39 is 24.1 Å². The number of anilines is 3. The molecule has 5 N–H and O–H groups in total. The Morgan fingerprint density at radius 1 is 0.950 bits per heavy atom. The molecule has 1 aliphatic carbocycles. The minimum atomic E-state index is -1.45. The van der Waals surface area contributed by atoms with Crippen LogP contribution in [0, 0.1) is 5.92 Å². The van der Waals surface area contributed by atoms with Gasteiger partial charge in [0.25, 0.3) is 0 Å². The van der Waals surface area contributed by atoms with Gasteiger partial charge in [0, 0.05) is 43.2 Å². The predicted octanol–water partition coefficient (Wildman–Crippen LogP) is 3.67. The van der Waals surface area contributed by atoms with Gasteiger partial charge in [-0.05, 0) is 86.6 Å². The van der Waals surface area contributed by atoms with Crippen molar-refractivity contribution in [1.29, 1.82) is 0 Å². The van der Waals surface area contributed by atoms with Gasteiger partial charge in [0.15, 0.2) is 0 Å². The molecule has 1 saturated carbocycles. The van der Waals surface area contributed by atoms with Crippen LogP contribution in [0.5, 0.6) is 5.75 Å². The first-order valence-electron chi connectivity index (χ1n) is 13.6. The number of carbonyl (C=O) groups excluding carboxylic acids is 3. The Balaban J connectivity index is 1.05. The van der Waals surface area contributed by atoms with E-state index in [-0.39, 0.29) is 24.6 Å². The zero-order valence-electron chi connectivity index (χ0n) is 22.1. The predicted molar refractivity (Wildman–Crippen MR) is 149 cm³/mol. The molecule has 12 heteroatoms. The number of rotatable bonds is 8. The minimum absolute atomic E-state index is 0.0339. The standard InChI is InChI=1S/C28H34N6O6/c35-25(24-16-30-27(37)34(24)28(38)39)29-15-18-13-14-33(17-18)21-9-5-19(6-10-21)31-26(36)32-20-7-11-23(12-8-20)40-22-3-1-2-4-22/h5-12,18,22,24H,1-4,13-17H2,(H,29,35)(H,30,37)(H,38,39)(H2,31,32,36)/t18?,24-/m0/s1. The highest BCUT2D eigenvalue weighted by molar-refractivity contribution is 6.00. The van der Waals surface area contributed by atoms with Gasteiger partial charge in [-0.25, -0.2) is 19.3 Å². The largest absolute Gasteiger partial charge is 0.490 e. The van der Waals surface area contributed by atoms with Crippen LogP contribution in [0.2, 0.25) is 0 Å². The van der Waals surface area contributed by atoms with Crippen LogP contribution in [-0.2, 0) is 4.79 Å². The second-order valence-electron chi connectivity index (χ2n) is 10.4. The van der Waals surface area contributed by atoms with Gasteiger partial charge in [-0.3, -0.25) is 4.79 Å². The summed E-state index contributed by atoms with van der Waals surface area (Å²) >= 11 is 0. The SMILES string of the molecule is O=C(Nc1ccc(OC2CCCC2)cc1)Nc1ccc(N2CCC(CNC(=O)[C@@H]3CNC(=O)N3C(=O)O)C2)cc1. The maximum atomic E-state index is 12.5. The molecule has 0 radical (unpaired) electrons. The van der Waals surface area contributed by atoms with Gasteiger partial charge in [-0.1, -0.05) is 0 Å². The van der Waals surface area contributed by atoms with E-state index in [4.69, 9.17) is 4.74 Å². The second kappa shape index (κ2) is 12.1. The molecule has 0 bridgehead atoms. The number of hydrogen-bond acceptors (Lipinski definition) is 6. The molecule has 0 aromatic heterocycles.